The smallest absolute Gasteiger partial charge is 0.351 e. The number of hydrogen-bond acceptors (Lipinski definition) is 2. The van der Waals surface area contributed by atoms with Crippen molar-refractivity contribution in [3.05, 3.63) is 35.4 Å². The number of nitrogens with one attached hydrogen (secondary N) is 1. The third kappa shape index (κ3) is 2.74. The van der Waals surface area contributed by atoms with E-state index in [1.165, 1.54) is 0 Å². The lowest BCUT2D eigenvalue weighted by atomic mass is 9.67. The van der Waals surface area contributed by atoms with Crippen LogP contribution in [0.2, 0.25) is 0 Å². The second kappa shape index (κ2) is 5.49. The monoisotopic (exact) mass is 378 g/mol. The van der Waals surface area contributed by atoms with Crippen LogP contribution in [0.3, 0.4) is 0 Å². The van der Waals surface area contributed by atoms with Crippen molar-refractivity contribution in [1.82, 2.24) is 10.2 Å². The summed E-state index contributed by atoms with van der Waals surface area (Å²) >= 11 is 0. The molecule has 4 fully saturated rings. The van der Waals surface area contributed by atoms with Gasteiger partial charge in [-0.1, -0.05) is 12.1 Å². The van der Waals surface area contributed by atoms with E-state index < -0.39 is 11.7 Å². The number of likely N-dealkylation sites (tertiary alicyclic amines) is 1. The van der Waals surface area contributed by atoms with Gasteiger partial charge in [0.1, 0.15) is 0 Å². The molecule has 1 aromatic rings. The Labute approximate surface area is 155 Å². The van der Waals surface area contributed by atoms with E-state index in [9.17, 15) is 22.8 Å². The molecule has 3 atom stereocenters. The number of fused-ring (bicyclic) bond motifs is 1. The average Bonchev–Trinajstić information content (AvgIpc) is 2.93. The molecule has 4 nitrogen and oxygen atoms in total. The summed E-state index contributed by atoms with van der Waals surface area (Å²) in [5.41, 5.74) is 0.191. The maximum absolute atomic E-state index is 12.7. The van der Waals surface area contributed by atoms with Gasteiger partial charge in [-0.25, -0.2) is 0 Å². The van der Waals surface area contributed by atoms with E-state index in [4.69, 9.17) is 0 Å². The first-order chi connectivity index (χ1) is 12.8. The summed E-state index contributed by atoms with van der Waals surface area (Å²) in [7, 11) is 0. The molecule has 2 aliphatic heterocycles. The van der Waals surface area contributed by atoms with E-state index in [-0.39, 0.29) is 29.2 Å². The number of halogens is 3. The average molecular weight is 378 g/mol. The van der Waals surface area contributed by atoms with Crippen molar-refractivity contribution in [1.29, 1.82) is 0 Å². The molecule has 2 aliphatic carbocycles. The Kier molecular flexibility index (Phi) is 3.47. The summed E-state index contributed by atoms with van der Waals surface area (Å²) in [4.78, 5) is 26.0. The van der Waals surface area contributed by atoms with Crippen LogP contribution in [0, 0.1) is 17.8 Å². The van der Waals surface area contributed by atoms with Crippen molar-refractivity contribution in [2.45, 2.75) is 43.3 Å². The van der Waals surface area contributed by atoms with Crippen LogP contribution < -0.4 is 5.32 Å². The Morgan fingerprint density at radius 2 is 1.74 bits per heavy atom. The minimum atomic E-state index is -4.31. The van der Waals surface area contributed by atoms with Crippen molar-refractivity contribution >= 4 is 11.8 Å². The second-order valence-corrected chi connectivity index (χ2v) is 8.65. The van der Waals surface area contributed by atoms with Crippen LogP contribution >= 0.6 is 0 Å². The summed E-state index contributed by atoms with van der Waals surface area (Å²) in [5.74, 6) is 1.28. The molecule has 144 valence electrons. The number of rotatable bonds is 2. The van der Waals surface area contributed by atoms with E-state index in [2.05, 4.69) is 5.32 Å². The summed E-state index contributed by atoms with van der Waals surface area (Å²) in [5, 5.41) is 3.01. The first kappa shape index (κ1) is 17.1. The van der Waals surface area contributed by atoms with Gasteiger partial charge in [0.15, 0.2) is 0 Å². The minimum absolute atomic E-state index is 0.00502. The minimum Gasteiger partial charge on any atom is -0.351 e. The molecular weight excluding hydrogens is 357 g/mol. The van der Waals surface area contributed by atoms with Crippen LogP contribution in [0.4, 0.5) is 13.2 Å². The molecule has 0 radical (unpaired) electrons. The molecule has 1 N–H and O–H groups in total. The van der Waals surface area contributed by atoms with Gasteiger partial charge in [0, 0.05) is 31.0 Å². The van der Waals surface area contributed by atoms with Crippen LogP contribution in [0.5, 0.6) is 0 Å². The van der Waals surface area contributed by atoms with Crippen molar-refractivity contribution in [3.8, 4) is 0 Å². The van der Waals surface area contributed by atoms with Crippen LogP contribution in [0.15, 0.2) is 24.3 Å². The lowest BCUT2D eigenvalue weighted by molar-refractivity contribution is -0.141. The Bertz CT molecular complexity index is 786. The summed E-state index contributed by atoms with van der Waals surface area (Å²) < 4.78 is 38.1. The highest BCUT2D eigenvalue weighted by atomic mass is 19.4. The quantitative estimate of drug-likeness (QED) is 0.860. The molecular formula is C20H21F3N2O2. The fraction of sp³-hybridized carbons (Fsp3) is 0.600. The third-order valence-electron chi connectivity index (χ3n) is 6.99. The van der Waals surface area contributed by atoms with Crippen molar-refractivity contribution in [2.75, 3.05) is 13.1 Å². The lowest BCUT2D eigenvalue weighted by Crippen LogP contribution is -2.56. The third-order valence-corrected chi connectivity index (χ3v) is 6.99. The number of hydrogen-bond donors (Lipinski definition) is 1. The standard InChI is InChI=1S/C20H21F3N2O2/c21-20(22,23)13-3-1-11(2-4-13)17-14-9-25(10-15(14)17)18(27)12-7-19(8-12)6-5-16(26)24-19/h1-4,12,14-15,17H,5-10H2,(H,24,26)/t12?,14-,15+,17+,19?. The number of nitrogens with zero attached hydrogens (tertiary/aromatic N) is 1. The Hall–Kier alpha value is -2.05. The maximum Gasteiger partial charge on any atom is 0.416 e. The number of amides is 2. The van der Waals surface area contributed by atoms with Gasteiger partial charge < -0.3 is 10.2 Å². The maximum atomic E-state index is 12.7. The van der Waals surface area contributed by atoms with E-state index in [0.29, 0.717) is 31.3 Å². The lowest BCUT2D eigenvalue weighted by Gasteiger charge is -2.45. The van der Waals surface area contributed by atoms with E-state index in [0.717, 1.165) is 37.0 Å². The number of piperidine rings is 1. The fourth-order valence-corrected chi connectivity index (χ4v) is 5.49. The predicted octanol–water partition coefficient (Wildman–Crippen LogP) is 2.94. The van der Waals surface area contributed by atoms with Crippen LogP contribution in [0.25, 0.3) is 0 Å². The van der Waals surface area contributed by atoms with E-state index in [1.54, 1.807) is 12.1 Å². The van der Waals surface area contributed by atoms with Gasteiger partial charge in [0.05, 0.1) is 5.56 Å². The van der Waals surface area contributed by atoms with Crippen LogP contribution in [-0.4, -0.2) is 35.3 Å². The highest BCUT2D eigenvalue weighted by Crippen LogP contribution is 2.59. The van der Waals surface area contributed by atoms with Crippen molar-refractivity contribution in [2.24, 2.45) is 17.8 Å². The first-order valence-electron chi connectivity index (χ1n) is 9.53. The largest absolute Gasteiger partial charge is 0.416 e. The molecule has 2 heterocycles. The zero-order chi connectivity index (χ0) is 19.0. The molecule has 1 spiro atoms. The number of carbonyl (C=O) groups excluding carboxylic acids is 2. The number of benzene rings is 1. The van der Waals surface area contributed by atoms with Gasteiger partial charge in [0.2, 0.25) is 11.8 Å². The summed E-state index contributed by atoms with van der Waals surface area (Å²) in [6.45, 7) is 1.40. The second-order valence-electron chi connectivity index (χ2n) is 8.65. The molecule has 7 heteroatoms. The molecule has 4 aliphatic rings. The Morgan fingerprint density at radius 1 is 1.11 bits per heavy atom. The van der Waals surface area contributed by atoms with Gasteiger partial charge in [-0.15, -0.1) is 0 Å². The molecule has 0 unspecified atom stereocenters. The van der Waals surface area contributed by atoms with Crippen molar-refractivity contribution < 1.29 is 22.8 Å². The SMILES string of the molecule is O=C1CCC2(CC(C(=O)N3C[C@@H]4[C@H](C3)[C@H]4c3ccc(C(F)(F)F)cc3)C2)N1. The van der Waals surface area contributed by atoms with Gasteiger partial charge >= 0.3 is 6.18 Å². The van der Waals surface area contributed by atoms with Crippen LogP contribution in [-0.2, 0) is 15.8 Å². The number of carbonyl (C=O) groups is 2. The number of alkyl halides is 3. The predicted molar refractivity (Wildman–Crippen MR) is 90.6 cm³/mol. The van der Waals surface area contributed by atoms with Gasteiger partial charge in [-0.3, -0.25) is 9.59 Å². The normalized spacial score (nSPS) is 37.1. The van der Waals surface area contributed by atoms with Crippen LogP contribution in [0.1, 0.15) is 42.7 Å². The molecule has 0 aromatic heterocycles. The van der Waals surface area contributed by atoms with Gasteiger partial charge in [-0.05, 0) is 54.7 Å². The topological polar surface area (TPSA) is 49.4 Å². The Balaban J connectivity index is 1.16. The zero-order valence-corrected chi connectivity index (χ0v) is 14.8. The zero-order valence-electron chi connectivity index (χ0n) is 14.8. The molecule has 0 bridgehead atoms. The molecule has 27 heavy (non-hydrogen) atoms. The van der Waals surface area contributed by atoms with Gasteiger partial charge in [-0.2, -0.15) is 13.2 Å². The summed E-state index contributed by atoms with van der Waals surface area (Å²) in [6.07, 6.45) is -1.43. The Morgan fingerprint density at radius 3 is 2.26 bits per heavy atom. The van der Waals surface area contributed by atoms with E-state index >= 15 is 0 Å². The first-order valence-corrected chi connectivity index (χ1v) is 9.53. The van der Waals surface area contributed by atoms with Crippen molar-refractivity contribution in [3.63, 3.8) is 0 Å². The molecule has 5 rings (SSSR count). The molecule has 1 aromatic carbocycles. The molecule has 2 amide bonds. The molecule has 2 saturated carbocycles. The fourth-order valence-electron chi connectivity index (χ4n) is 5.49. The summed E-state index contributed by atoms with van der Waals surface area (Å²) in [6, 6.07) is 5.46. The highest BCUT2D eigenvalue weighted by molar-refractivity contribution is 5.84. The van der Waals surface area contributed by atoms with Gasteiger partial charge in [0.25, 0.3) is 0 Å². The molecule has 2 saturated heterocycles. The highest BCUT2D eigenvalue weighted by Gasteiger charge is 2.59. The van der Waals surface area contributed by atoms with E-state index in [1.807, 2.05) is 4.90 Å².